The second kappa shape index (κ2) is 5.03. The third-order valence-electron chi connectivity index (χ3n) is 3.19. The van der Waals surface area contributed by atoms with Gasteiger partial charge in [0.05, 0.1) is 0 Å². The van der Waals surface area contributed by atoms with E-state index in [2.05, 4.69) is 32.5 Å². The fraction of sp³-hybridized carbons (Fsp3) is 0.0625. The lowest BCUT2D eigenvalue weighted by atomic mass is 10.1. The molecular formula is C16H11BrN2O. The summed E-state index contributed by atoms with van der Waals surface area (Å²) in [4.78, 5) is 12.1. The van der Waals surface area contributed by atoms with Gasteiger partial charge in [-0.05, 0) is 30.3 Å². The summed E-state index contributed by atoms with van der Waals surface area (Å²) in [5, 5.41) is 6.08. The fourth-order valence-corrected chi connectivity index (χ4v) is 2.60. The number of carbonyl (C=O) groups excluding carboxylic acids is 1. The molecule has 2 aromatic carbocycles. The van der Waals surface area contributed by atoms with Crippen molar-refractivity contribution in [2.45, 2.75) is 6.04 Å². The summed E-state index contributed by atoms with van der Waals surface area (Å²) in [5.41, 5.74) is 3.38. The highest BCUT2D eigenvalue weighted by molar-refractivity contribution is 9.10. The van der Waals surface area contributed by atoms with E-state index in [4.69, 9.17) is 6.42 Å². The molecule has 0 bridgehead atoms. The van der Waals surface area contributed by atoms with E-state index in [1.807, 2.05) is 42.5 Å². The van der Waals surface area contributed by atoms with E-state index in [-0.39, 0.29) is 5.91 Å². The number of fused-ring (bicyclic) bond motifs is 1. The average molecular weight is 327 g/mol. The van der Waals surface area contributed by atoms with E-state index in [9.17, 15) is 4.79 Å². The Labute approximate surface area is 125 Å². The minimum absolute atomic E-state index is 0.0655. The van der Waals surface area contributed by atoms with Gasteiger partial charge in [-0.25, -0.2) is 0 Å². The van der Waals surface area contributed by atoms with Gasteiger partial charge in [0.25, 0.3) is 5.91 Å². The lowest BCUT2D eigenvalue weighted by molar-refractivity contribution is -0.116. The molecule has 0 saturated carbocycles. The topological polar surface area (TPSA) is 41.1 Å². The highest BCUT2D eigenvalue weighted by atomic mass is 79.9. The van der Waals surface area contributed by atoms with Gasteiger partial charge in [0.1, 0.15) is 6.04 Å². The highest BCUT2D eigenvalue weighted by Gasteiger charge is 2.30. The van der Waals surface area contributed by atoms with E-state index < -0.39 is 6.04 Å². The van der Waals surface area contributed by atoms with Crippen LogP contribution < -0.4 is 10.6 Å². The molecule has 2 N–H and O–H groups in total. The van der Waals surface area contributed by atoms with Crippen molar-refractivity contribution in [1.82, 2.24) is 0 Å². The lowest BCUT2D eigenvalue weighted by Crippen LogP contribution is -2.19. The SMILES string of the molecule is C#Cc1cccc(NC2C(=O)Nc3cc(Br)ccc32)c1. The summed E-state index contributed by atoms with van der Waals surface area (Å²) >= 11 is 3.40. The normalized spacial score (nSPS) is 16.2. The Kier molecular flexibility index (Phi) is 3.21. The molecule has 0 aromatic heterocycles. The molecule has 1 aliphatic heterocycles. The van der Waals surface area contributed by atoms with Crippen LogP contribution in [0.1, 0.15) is 17.2 Å². The van der Waals surface area contributed by atoms with Crippen molar-refractivity contribution in [3.05, 3.63) is 58.1 Å². The molecule has 4 heteroatoms. The smallest absolute Gasteiger partial charge is 0.251 e. The van der Waals surface area contributed by atoms with Crippen LogP contribution in [0.2, 0.25) is 0 Å². The maximum atomic E-state index is 12.1. The van der Waals surface area contributed by atoms with Crippen molar-refractivity contribution in [3.8, 4) is 12.3 Å². The van der Waals surface area contributed by atoms with Crippen LogP contribution in [-0.4, -0.2) is 5.91 Å². The molecule has 0 aliphatic carbocycles. The van der Waals surface area contributed by atoms with E-state index in [0.717, 1.165) is 27.0 Å². The Morgan fingerprint density at radius 1 is 1.25 bits per heavy atom. The van der Waals surface area contributed by atoms with E-state index in [0.29, 0.717) is 0 Å². The summed E-state index contributed by atoms with van der Waals surface area (Å²) in [7, 11) is 0. The minimum Gasteiger partial charge on any atom is -0.370 e. The minimum atomic E-state index is -0.397. The van der Waals surface area contributed by atoms with E-state index in [1.165, 1.54) is 0 Å². The van der Waals surface area contributed by atoms with E-state index in [1.54, 1.807) is 0 Å². The number of amides is 1. The van der Waals surface area contributed by atoms with Crippen molar-refractivity contribution in [2.24, 2.45) is 0 Å². The molecule has 0 spiro atoms. The molecule has 3 rings (SSSR count). The van der Waals surface area contributed by atoms with Gasteiger partial charge in [0.2, 0.25) is 0 Å². The molecule has 98 valence electrons. The first-order valence-corrected chi connectivity index (χ1v) is 6.90. The van der Waals surface area contributed by atoms with Gasteiger partial charge in [-0.1, -0.05) is 34.0 Å². The molecule has 3 nitrogen and oxygen atoms in total. The molecule has 0 saturated heterocycles. The summed E-state index contributed by atoms with van der Waals surface area (Å²) < 4.78 is 0.937. The van der Waals surface area contributed by atoms with Crippen LogP contribution in [0.25, 0.3) is 0 Å². The number of benzene rings is 2. The van der Waals surface area contributed by atoms with Gasteiger partial charge >= 0.3 is 0 Å². The van der Waals surface area contributed by atoms with Crippen LogP contribution in [0.5, 0.6) is 0 Å². The van der Waals surface area contributed by atoms with Gasteiger partial charge in [-0.3, -0.25) is 4.79 Å². The summed E-state index contributed by atoms with van der Waals surface area (Å²) in [6, 6.07) is 12.8. The Balaban J connectivity index is 1.92. The van der Waals surface area contributed by atoms with Crippen LogP contribution in [0.15, 0.2) is 46.9 Å². The Morgan fingerprint density at radius 3 is 2.90 bits per heavy atom. The monoisotopic (exact) mass is 326 g/mol. The zero-order valence-corrected chi connectivity index (χ0v) is 12.1. The Morgan fingerprint density at radius 2 is 2.10 bits per heavy atom. The fourth-order valence-electron chi connectivity index (χ4n) is 2.24. The lowest BCUT2D eigenvalue weighted by Gasteiger charge is -2.13. The first kappa shape index (κ1) is 12.8. The predicted molar refractivity (Wildman–Crippen MR) is 83.5 cm³/mol. The number of rotatable bonds is 2. The first-order valence-electron chi connectivity index (χ1n) is 6.11. The summed E-state index contributed by atoms with van der Waals surface area (Å²) in [5.74, 6) is 2.52. The molecule has 1 heterocycles. The summed E-state index contributed by atoms with van der Waals surface area (Å²) in [6.45, 7) is 0. The van der Waals surface area contributed by atoms with Gasteiger partial charge in [0.15, 0.2) is 0 Å². The number of carbonyl (C=O) groups is 1. The number of anilines is 2. The second-order valence-corrected chi connectivity index (χ2v) is 5.44. The van der Waals surface area contributed by atoms with Crippen molar-refractivity contribution in [2.75, 3.05) is 10.6 Å². The molecule has 0 radical (unpaired) electrons. The number of terminal acetylenes is 1. The standard InChI is InChI=1S/C16H11BrN2O/c1-2-10-4-3-5-12(8-10)18-15-13-7-6-11(17)9-14(13)19-16(15)20/h1,3-9,15,18H,(H,19,20). The number of hydrogen-bond acceptors (Lipinski definition) is 2. The van der Waals surface area contributed by atoms with Crippen molar-refractivity contribution < 1.29 is 4.79 Å². The van der Waals surface area contributed by atoms with Crippen LogP contribution in [-0.2, 0) is 4.79 Å². The second-order valence-electron chi connectivity index (χ2n) is 4.52. The van der Waals surface area contributed by atoms with Gasteiger partial charge in [-0.2, -0.15) is 0 Å². The van der Waals surface area contributed by atoms with Gasteiger partial charge in [0, 0.05) is 27.0 Å². The van der Waals surface area contributed by atoms with Gasteiger partial charge in [-0.15, -0.1) is 6.42 Å². The number of hydrogen-bond donors (Lipinski definition) is 2. The number of nitrogens with one attached hydrogen (secondary N) is 2. The largest absolute Gasteiger partial charge is 0.370 e. The van der Waals surface area contributed by atoms with Crippen molar-refractivity contribution in [3.63, 3.8) is 0 Å². The molecule has 1 aliphatic rings. The van der Waals surface area contributed by atoms with Crippen LogP contribution >= 0.6 is 15.9 Å². The molecule has 1 amide bonds. The molecular weight excluding hydrogens is 316 g/mol. The quantitative estimate of drug-likeness (QED) is 0.829. The van der Waals surface area contributed by atoms with E-state index >= 15 is 0 Å². The molecule has 1 atom stereocenters. The predicted octanol–water partition coefficient (Wildman–Crippen LogP) is 3.54. The molecule has 20 heavy (non-hydrogen) atoms. The Hall–Kier alpha value is -2.25. The third-order valence-corrected chi connectivity index (χ3v) is 3.68. The molecule has 2 aromatic rings. The zero-order valence-electron chi connectivity index (χ0n) is 10.5. The van der Waals surface area contributed by atoms with Gasteiger partial charge < -0.3 is 10.6 Å². The van der Waals surface area contributed by atoms with Crippen molar-refractivity contribution in [1.29, 1.82) is 0 Å². The van der Waals surface area contributed by atoms with Crippen LogP contribution in [0.3, 0.4) is 0 Å². The maximum Gasteiger partial charge on any atom is 0.251 e. The maximum absolute atomic E-state index is 12.1. The zero-order chi connectivity index (χ0) is 14.1. The van der Waals surface area contributed by atoms with Crippen LogP contribution in [0, 0.1) is 12.3 Å². The average Bonchev–Trinajstić information content (AvgIpc) is 2.74. The Bertz CT molecular complexity index is 733. The van der Waals surface area contributed by atoms with Crippen LogP contribution in [0.4, 0.5) is 11.4 Å². The third kappa shape index (κ3) is 2.28. The highest BCUT2D eigenvalue weighted by Crippen LogP contribution is 2.35. The molecule has 0 fully saturated rings. The van der Waals surface area contributed by atoms with Crippen molar-refractivity contribution >= 4 is 33.2 Å². The first-order chi connectivity index (χ1) is 9.67. The molecule has 1 unspecified atom stereocenters. The summed E-state index contributed by atoms with van der Waals surface area (Å²) in [6.07, 6.45) is 5.39. The number of halogens is 1.